The largest absolute Gasteiger partial charge is 0.355 e. The van der Waals surface area contributed by atoms with Crippen molar-refractivity contribution in [2.24, 2.45) is 5.73 Å². The quantitative estimate of drug-likeness (QED) is 0.844. The minimum absolute atomic E-state index is 0.138. The Bertz CT molecular complexity index is 538. The Labute approximate surface area is 121 Å². The highest BCUT2D eigenvalue weighted by molar-refractivity contribution is 5.56. The molecule has 0 spiro atoms. The van der Waals surface area contributed by atoms with E-state index in [0.717, 1.165) is 43.8 Å². The van der Waals surface area contributed by atoms with E-state index in [1.54, 1.807) is 0 Å². The molecular weight excluding hydrogens is 248 g/mol. The van der Waals surface area contributed by atoms with Crippen molar-refractivity contribution in [2.45, 2.75) is 46.1 Å². The van der Waals surface area contributed by atoms with Gasteiger partial charge < -0.3 is 15.0 Å². The Hall–Kier alpha value is -1.55. The van der Waals surface area contributed by atoms with Gasteiger partial charge in [-0.1, -0.05) is 19.9 Å². The highest BCUT2D eigenvalue weighted by atomic mass is 15.2. The fourth-order valence-corrected chi connectivity index (χ4v) is 2.65. The Morgan fingerprint density at radius 1 is 1.25 bits per heavy atom. The smallest absolute Gasteiger partial charge is 0.151 e. The molecule has 2 heterocycles. The van der Waals surface area contributed by atoms with Crippen molar-refractivity contribution in [1.29, 1.82) is 0 Å². The second kappa shape index (κ2) is 6.75. The first-order valence-corrected chi connectivity index (χ1v) is 7.63. The second-order valence-corrected chi connectivity index (χ2v) is 5.48. The topological polar surface area (TPSA) is 46.6 Å². The second-order valence-electron chi connectivity index (χ2n) is 5.48. The summed E-state index contributed by atoms with van der Waals surface area (Å²) in [5, 5.41) is 0. The summed E-state index contributed by atoms with van der Waals surface area (Å²) in [6.07, 6.45) is 5.20. The van der Waals surface area contributed by atoms with E-state index in [1.165, 1.54) is 5.69 Å². The van der Waals surface area contributed by atoms with Crippen LogP contribution in [0, 0.1) is 0 Å². The molecule has 4 nitrogen and oxygen atoms in total. The van der Waals surface area contributed by atoms with Crippen LogP contribution in [0.25, 0.3) is 5.65 Å². The first-order chi connectivity index (χ1) is 9.67. The van der Waals surface area contributed by atoms with E-state index >= 15 is 0 Å². The molecule has 0 saturated heterocycles. The molecule has 2 N–H and O–H groups in total. The van der Waals surface area contributed by atoms with Crippen LogP contribution in [-0.4, -0.2) is 28.5 Å². The molecule has 0 saturated carbocycles. The van der Waals surface area contributed by atoms with Gasteiger partial charge in [-0.25, -0.2) is 4.98 Å². The summed E-state index contributed by atoms with van der Waals surface area (Å²) >= 11 is 0. The Morgan fingerprint density at radius 3 is 2.55 bits per heavy atom. The van der Waals surface area contributed by atoms with Gasteiger partial charge in [-0.15, -0.1) is 0 Å². The normalized spacial score (nSPS) is 12.8. The molecule has 0 bridgehead atoms. The van der Waals surface area contributed by atoms with Crippen LogP contribution in [-0.2, 0) is 6.42 Å². The molecule has 0 aliphatic carbocycles. The van der Waals surface area contributed by atoms with Crippen molar-refractivity contribution >= 4 is 11.5 Å². The third-order valence-corrected chi connectivity index (χ3v) is 3.41. The Balaban J connectivity index is 2.48. The lowest BCUT2D eigenvalue weighted by atomic mass is 10.2. The van der Waals surface area contributed by atoms with Crippen molar-refractivity contribution in [3.63, 3.8) is 0 Å². The maximum Gasteiger partial charge on any atom is 0.151 e. The SMILES string of the molecule is CCCN(CCC)c1nc2ccccn2c1CC(C)N. The number of anilines is 1. The van der Waals surface area contributed by atoms with Gasteiger partial charge in [-0.3, -0.25) is 0 Å². The molecule has 1 unspecified atom stereocenters. The van der Waals surface area contributed by atoms with E-state index in [0.29, 0.717) is 0 Å². The van der Waals surface area contributed by atoms with Gasteiger partial charge in [0.2, 0.25) is 0 Å². The van der Waals surface area contributed by atoms with E-state index in [-0.39, 0.29) is 6.04 Å². The van der Waals surface area contributed by atoms with E-state index < -0.39 is 0 Å². The number of nitrogens with zero attached hydrogens (tertiary/aromatic N) is 3. The highest BCUT2D eigenvalue weighted by Gasteiger charge is 2.18. The fraction of sp³-hybridized carbons (Fsp3) is 0.562. The zero-order chi connectivity index (χ0) is 14.5. The van der Waals surface area contributed by atoms with E-state index in [4.69, 9.17) is 10.7 Å². The van der Waals surface area contributed by atoms with Crippen LogP contribution >= 0.6 is 0 Å². The molecule has 2 rings (SSSR count). The lowest BCUT2D eigenvalue weighted by Gasteiger charge is -2.23. The summed E-state index contributed by atoms with van der Waals surface area (Å²) in [4.78, 5) is 7.23. The van der Waals surface area contributed by atoms with Crippen LogP contribution in [0.5, 0.6) is 0 Å². The average molecular weight is 274 g/mol. The van der Waals surface area contributed by atoms with Gasteiger partial charge in [-0.2, -0.15) is 0 Å². The van der Waals surface area contributed by atoms with E-state index in [9.17, 15) is 0 Å². The molecule has 0 aliphatic heterocycles. The lowest BCUT2D eigenvalue weighted by molar-refractivity contribution is 0.695. The number of pyridine rings is 1. The number of aromatic nitrogens is 2. The maximum absolute atomic E-state index is 6.03. The number of nitrogens with two attached hydrogens (primary N) is 1. The summed E-state index contributed by atoms with van der Waals surface area (Å²) in [6, 6.07) is 6.28. The van der Waals surface area contributed by atoms with Gasteiger partial charge in [0.05, 0.1) is 5.69 Å². The van der Waals surface area contributed by atoms with Crippen LogP contribution in [0.4, 0.5) is 5.82 Å². The number of hydrogen-bond acceptors (Lipinski definition) is 3. The number of hydrogen-bond donors (Lipinski definition) is 1. The minimum Gasteiger partial charge on any atom is -0.355 e. The molecule has 0 aromatic carbocycles. The van der Waals surface area contributed by atoms with Crippen LogP contribution in [0.1, 0.15) is 39.3 Å². The first-order valence-electron chi connectivity index (χ1n) is 7.63. The molecule has 1 atom stereocenters. The molecule has 0 radical (unpaired) electrons. The number of fused-ring (bicyclic) bond motifs is 1. The van der Waals surface area contributed by atoms with Crippen LogP contribution < -0.4 is 10.6 Å². The van der Waals surface area contributed by atoms with Gasteiger partial charge in [-0.05, 0) is 31.9 Å². The fourth-order valence-electron chi connectivity index (χ4n) is 2.65. The van der Waals surface area contributed by atoms with Crippen molar-refractivity contribution in [3.05, 3.63) is 30.1 Å². The van der Waals surface area contributed by atoms with Gasteiger partial charge in [0.1, 0.15) is 5.65 Å². The molecule has 0 aliphatic rings. The average Bonchev–Trinajstić information content (AvgIpc) is 2.77. The molecule has 0 amide bonds. The summed E-state index contributed by atoms with van der Waals surface area (Å²) < 4.78 is 2.18. The van der Waals surface area contributed by atoms with Crippen molar-refractivity contribution in [3.8, 4) is 0 Å². The predicted molar refractivity (Wildman–Crippen MR) is 85.3 cm³/mol. The van der Waals surface area contributed by atoms with Crippen LogP contribution in [0.3, 0.4) is 0 Å². The Kier molecular flexibility index (Phi) is 5.01. The molecule has 2 aromatic heterocycles. The van der Waals surface area contributed by atoms with Gasteiger partial charge in [0.25, 0.3) is 0 Å². The van der Waals surface area contributed by atoms with Crippen LogP contribution in [0.2, 0.25) is 0 Å². The standard InChI is InChI=1S/C16H26N4/c1-4-9-19(10-5-2)16-14(12-13(3)17)20-11-7-6-8-15(20)18-16/h6-8,11,13H,4-5,9-10,12,17H2,1-3H3. The summed E-state index contributed by atoms with van der Waals surface area (Å²) in [7, 11) is 0. The third-order valence-electron chi connectivity index (χ3n) is 3.41. The molecular formula is C16H26N4. The van der Waals surface area contributed by atoms with Crippen molar-refractivity contribution < 1.29 is 0 Å². The zero-order valence-corrected chi connectivity index (χ0v) is 12.8. The highest BCUT2D eigenvalue weighted by Crippen LogP contribution is 2.23. The number of rotatable bonds is 7. The van der Waals surface area contributed by atoms with E-state index in [2.05, 4.69) is 42.3 Å². The molecule has 110 valence electrons. The van der Waals surface area contributed by atoms with Gasteiger partial charge in [0, 0.05) is 31.7 Å². The van der Waals surface area contributed by atoms with Gasteiger partial charge >= 0.3 is 0 Å². The summed E-state index contributed by atoms with van der Waals surface area (Å²) in [6.45, 7) is 8.57. The Morgan fingerprint density at radius 2 is 1.95 bits per heavy atom. The molecule has 2 aromatic rings. The lowest BCUT2D eigenvalue weighted by Crippen LogP contribution is -2.28. The predicted octanol–water partition coefficient (Wildman–Crippen LogP) is 2.85. The summed E-state index contributed by atoms with van der Waals surface area (Å²) in [5.74, 6) is 1.11. The summed E-state index contributed by atoms with van der Waals surface area (Å²) in [5.41, 5.74) is 8.28. The molecule has 4 heteroatoms. The third kappa shape index (κ3) is 3.12. The molecule has 20 heavy (non-hydrogen) atoms. The van der Waals surface area contributed by atoms with Crippen LogP contribution in [0.15, 0.2) is 24.4 Å². The van der Waals surface area contributed by atoms with Gasteiger partial charge in [0.15, 0.2) is 5.82 Å². The maximum atomic E-state index is 6.03. The monoisotopic (exact) mass is 274 g/mol. The minimum atomic E-state index is 0.138. The van der Waals surface area contributed by atoms with Crippen molar-refractivity contribution in [1.82, 2.24) is 9.38 Å². The zero-order valence-electron chi connectivity index (χ0n) is 12.8. The molecule has 0 fully saturated rings. The van der Waals surface area contributed by atoms with Crippen molar-refractivity contribution in [2.75, 3.05) is 18.0 Å². The number of imidazole rings is 1. The first kappa shape index (κ1) is 14.9. The van der Waals surface area contributed by atoms with E-state index in [1.807, 2.05) is 12.1 Å².